The van der Waals surface area contributed by atoms with Gasteiger partial charge in [-0.1, -0.05) is 6.92 Å². The minimum absolute atomic E-state index is 0.102. The molecule has 0 aliphatic rings. The molecular formula is C11H20N4O2. The molecule has 0 aromatic carbocycles. The Kier molecular flexibility index (Phi) is 5.11. The van der Waals surface area contributed by atoms with Gasteiger partial charge in [0.15, 0.2) is 5.82 Å². The smallest absolute Gasteiger partial charge is 0.158 e. The molecule has 1 rings (SSSR count). The molecule has 6 nitrogen and oxygen atoms in total. The number of nitrogens with one attached hydrogen (secondary N) is 1. The summed E-state index contributed by atoms with van der Waals surface area (Å²) < 4.78 is 4.96. The van der Waals surface area contributed by atoms with Crippen LogP contribution in [0.1, 0.15) is 19.7 Å². The molecule has 1 aromatic rings. The molecule has 0 saturated carbocycles. The van der Waals surface area contributed by atoms with Crippen LogP contribution in [0.2, 0.25) is 0 Å². The highest BCUT2D eigenvalue weighted by molar-refractivity contribution is 5.45. The van der Waals surface area contributed by atoms with Gasteiger partial charge in [-0.25, -0.2) is 9.97 Å². The quantitative estimate of drug-likeness (QED) is 0.675. The van der Waals surface area contributed by atoms with Crippen molar-refractivity contribution < 1.29 is 9.84 Å². The topological polar surface area (TPSA) is 93.3 Å². The van der Waals surface area contributed by atoms with Crippen LogP contribution in [-0.4, -0.2) is 34.8 Å². The van der Waals surface area contributed by atoms with Crippen LogP contribution in [-0.2, 0) is 11.3 Å². The zero-order chi connectivity index (χ0) is 12.8. The van der Waals surface area contributed by atoms with Crippen LogP contribution in [0.5, 0.6) is 0 Å². The van der Waals surface area contributed by atoms with Crippen molar-refractivity contribution in [3.63, 3.8) is 0 Å². The van der Waals surface area contributed by atoms with Crippen LogP contribution in [0.4, 0.5) is 11.6 Å². The second-order valence-electron chi connectivity index (χ2n) is 4.12. The van der Waals surface area contributed by atoms with E-state index in [0.29, 0.717) is 24.1 Å². The lowest BCUT2D eigenvalue weighted by Crippen LogP contribution is -2.27. The van der Waals surface area contributed by atoms with E-state index in [-0.39, 0.29) is 18.6 Å². The summed E-state index contributed by atoms with van der Waals surface area (Å²) in [6.45, 7) is 4.39. The number of hydrogen-bond acceptors (Lipinski definition) is 6. The third-order valence-corrected chi connectivity index (χ3v) is 2.58. The van der Waals surface area contributed by atoms with Crippen LogP contribution in [0.15, 0.2) is 6.07 Å². The molecule has 2 unspecified atom stereocenters. The van der Waals surface area contributed by atoms with E-state index in [4.69, 9.17) is 15.6 Å². The second-order valence-corrected chi connectivity index (χ2v) is 4.12. The Hall–Kier alpha value is -1.40. The molecule has 0 saturated heterocycles. The summed E-state index contributed by atoms with van der Waals surface area (Å²) in [5.74, 6) is 1.73. The molecule has 0 fully saturated rings. The van der Waals surface area contributed by atoms with Gasteiger partial charge in [-0.3, -0.25) is 0 Å². The minimum atomic E-state index is 0.102. The third kappa shape index (κ3) is 4.16. The lowest BCUT2D eigenvalue weighted by molar-refractivity contribution is 0.178. The Morgan fingerprint density at radius 2 is 2.18 bits per heavy atom. The van der Waals surface area contributed by atoms with Crippen molar-refractivity contribution in [1.82, 2.24) is 9.97 Å². The number of nitrogens with zero attached hydrogens (tertiary/aromatic N) is 2. The first-order valence-electron chi connectivity index (χ1n) is 5.56. The molecule has 0 aliphatic carbocycles. The van der Waals surface area contributed by atoms with E-state index in [1.54, 1.807) is 13.2 Å². The average molecular weight is 240 g/mol. The maximum Gasteiger partial charge on any atom is 0.158 e. The molecule has 2 atom stereocenters. The minimum Gasteiger partial charge on any atom is -0.396 e. The second kappa shape index (κ2) is 6.36. The van der Waals surface area contributed by atoms with Gasteiger partial charge in [-0.2, -0.15) is 0 Å². The average Bonchev–Trinajstić information content (AvgIpc) is 2.27. The summed E-state index contributed by atoms with van der Waals surface area (Å²) in [5, 5.41) is 12.2. The molecule has 96 valence electrons. The number of aliphatic hydroxyl groups excluding tert-OH is 1. The molecule has 4 N–H and O–H groups in total. The van der Waals surface area contributed by atoms with E-state index >= 15 is 0 Å². The number of aromatic nitrogens is 2. The maximum atomic E-state index is 9.06. The largest absolute Gasteiger partial charge is 0.396 e. The SMILES string of the molecule is COCc1nc(N)cc(NC(C)C(C)CO)n1. The zero-order valence-corrected chi connectivity index (χ0v) is 10.5. The van der Waals surface area contributed by atoms with Crippen molar-refractivity contribution in [3.05, 3.63) is 11.9 Å². The monoisotopic (exact) mass is 240 g/mol. The van der Waals surface area contributed by atoms with Crippen molar-refractivity contribution >= 4 is 11.6 Å². The lowest BCUT2D eigenvalue weighted by Gasteiger charge is -2.20. The van der Waals surface area contributed by atoms with Gasteiger partial charge in [-0.15, -0.1) is 0 Å². The molecule has 0 radical (unpaired) electrons. The zero-order valence-electron chi connectivity index (χ0n) is 10.5. The number of ether oxygens (including phenoxy) is 1. The fourth-order valence-electron chi connectivity index (χ4n) is 1.32. The summed E-state index contributed by atoms with van der Waals surface area (Å²) in [6, 6.07) is 1.77. The van der Waals surface area contributed by atoms with Crippen LogP contribution in [0, 0.1) is 5.92 Å². The Bertz CT molecular complexity index is 359. The first-order chi connectivity index (χ1) is 8.06. The fourth-order valence-corrected chi connectivity index (χ4v) is 1.32. The van der Waals surface area contributed by atoms with Gasteiger partial charge in [0.1, 0.15) is 18.2 Å². The Morgan fingerprint density at radius 3 is 2.76 bits per heavy atom. The van der Waals surface area contributed by atoms with Crippen LogP contribution in [0.3, 0.4) is 0 Å². The van der Waals surface area contributed by atoms with E-state index in [0.717, 1.165) is 0 Å². The fraction of sp³-hybridized carbons (Fsp3) is 0.636. The number of rotatable bonds is 6. The highest BCUT2D eigenvalue weighted by atomic mass is 16.5. The lowest BCUT2D eigenvalue weighted by atomic mass is 10.1. The van der Waals surface area contributed by atoms with Gasteiger partial charge < -0.3 is 20.9 Å². The predicted molar refractivity (Wildman–Crippen MR) is 66.5 cm³/mol. The third-order valence-electron chi connectivity index (χ3n) is 2.58. The van der Waals surface area contributed by atoms with Crippen molar-refractivity contribution in [1.29, 1.82) is 0 Å². The molecular weight excluding hydrogens is 220 g/mol. The highest BCUT2D eigenvalue weighted by Crippen LogP contribution is 2.13. The Balaban J connectivity index is 2.76. The Morgan fingerprint density at radius 1 is 1.47 bits per heavy atom. The number of aliphatic hydroxyl groups is 1. The number of nitrogens with two attached hydrogens (primary N) is 1. The van der Waals surface area contributed by atoms with Crippen LogP contribution >= 0.6 is 0 Å². The summed E-state index contributed by atoms with van der Waals surface area (Å²) >= 11 is 0. The van der Waals surface area contributed by atoms with E-state index in [1.807, 2.05) is 13.8 Å². The molecule has 1 heterocycles. The summed E-state index contributed by atoms with van der Waals surface area (Å²) in [4.78, 5) is 8.32. The van der Waals surface area contributed by atoms with Gasteiger partial charge in [-0.05, 0) is 12.8 Å². The van der Waals surface area contributed by atoms with Crippen molar-refractivity contribution in [3.8, 4) is 0 Å². The van der Waals surface area contributed by atoms with E-state index in [2.05, 4.69) is 15.3 Å². The summed E-state index contributed by atoms with van der Waals surface area (Å²) in [7, 11) is 1.58. The first kappa shape index (κ1) is 13.7. The molecule has 17 heavy (non-hydrogen) atoms. The van der Waals surface area contributed by atoms with E-state index in [9.17, 15) is 0 Å². The summed E-state index contributed by atoms with van der Waals surface area (Å²) in [5.41, 5.74) is 5.68. The molecule has 0 amide bonds. The van der Waals surface area contributed by atoms with Crippen molar-refractivity contribution in [2.75, 3.05) is 24.8 Å². The molecule has 0 spiro atoms. The number of nitrogen functional groups attached to an aromatic ring is 1. The van der Waals surface area contributed by atoms with Crippen molar-refractivity contribution in [2.45, 2.75) is 26.5 Å². The Labute approximate surface area is 101 Å². The van der Waals surface area contributed by atoms with Gasteiger partial charge in [0.2, 0.25) is 0 Å². The first-order valence-corrected chi connectivity index (χ1v) is 5.56. The molecule has 0 aliphatic heterocycles. The molecule has 0 bridgehead atoms. The normalized spacial score (nSPS) is 14.4. The van der Waals surface area contributed by atoms with Gasteiger partial charge in [0.25, 0.3) is 0 Å². The number of hydrogen-bond donors (Lipinski definition) is 3. The maximum absolute atomic E-state index is 9.06. The van der Waals surface area contributed by atoms with Gasteiger partial charge in [0, 0.05) is 25.8 Å². The van der Waals surface area contributed by atoms with Crippen molar-refractivity contribution in [2.24, 2.45) is 5.92 Å². The van der Waals surface area contributed by atoms with Crippen LogP contribution in [0.25, 0.3) is 0 Å². The van der Waals surface area contributed by atoms with E-state index < -0.39 is 0 Å². The highest BCUT2D eigenvalue weighted by Gasteiger charge is 2.12. The van der Waals surface area contributed by atoms with Gasteiger partial charge in [0.05, 0.1) is 0 Å². The standard InChI is InChI=1S/C11H20N4O2/c1-7(5-16)8(2)13-10-4-9(12)14-11(15-10)6-17-3/h4,7-8,16H,5-6H2,1-3H3,(H3,12,13,14,15). The summed E-state index contributed by atoms with van der Waals surface area (Å²) in [6.07, 6.45) is 0. The number of anilines is 2. The molecule has 1 aromatic heterocycles. The van der Waals surface area contributed by atoms with E-state index in [1.165, 1.54) is 0 Å². The van der Waals surface area contributed by atoms with Gasteiger partial charge >= 0.3 is 0 Å². The van der Waals surface area contributed by atoms with Crippen LogP contribution < -0.4 is 11.1 Å². The molecule has 6 heteroatoms. The number of methoxy groups -OCH3 is 1. The predicted octanol–water partition coefficient (Wildman–Crippen LogP) is 0.634.